The van der Waals surface area contributed by atoms with E-state index in [2.05, 4.69) is 10.2 Å². The first-order valence-corrected chi connectivity index (χ1v) is 7.42. The molecule has 0 amide bonds. The topological polar surface area (TPSA) is 28.4 Å². The molecule has 0 bridgehead atoms. The largest absolute Gasteiger partial charge is 0.468 e. The van der Waals surface area contributed by atoms with Gasteiger partial charge in [0.25, 0.3) is 0 Å². The highest BCUT2D eigenvalue weighted by Crippen LogP contribution is 2.21. The monoisotopic (exact) mass is 288 g/mol. The van der Waals surface area contributed by atoms with Gasteiger partial charge in [-0.05, 0) is 43.7 Å². The van der Waals surface area contributed by atoms with Crippen molar-refractivity contribution in [1.29, 1.82) is 0 Å². The molecule has 1 heterocycles. The summed E-state index contributed by atoms with van der Waals surface area (Å²) in [6, 6.07) is 9.38. The predicted octanol–water partition coefficient (Wildman–Crippen LogP) is 3.30. The Bertz CT molecular complexity index is 575. The molecule has 1 aliphatic carbocycles. The second kappa shape index (κ2) is 6.41. The molecule has 0 unspecified atom stereocenters. The summed E-state index contributed by atoms with van der Waals surface area (Å²) in [5.41, 5.74) is 2.33. The van der Waals surface area contributed by atoms with Crippen molar-refractivity contribution in [1.82, 2.24) is 10.2 Å². The van der Waals surface area contributed by atoms with E-state index in [1.165, 1.54) is 30.5 Å². The lowest BCUT2D eigenvalue weighted by molar-refractivity contribution is 0.285. The zero-order chi connectivity index (χ0) is 14.7. The highest BCUT2D eigenvalue weighted by Gasteiger charge is 2.21. The molecule has 3 rings (SSSR count). The van der Waals surface area contributed by atoms with Gasteiger partial charge in [-0.2, -0.15) is 0 Å². The van der Waals surface area contributed by atoms with E-state index in [4.69, 9.17) is 4.42 Å². The van der Waals surface area contributed by atoms with Crippen LogP contribution in [0.2, 0.25) is 0 Å². The summed E-state index contributed by atoms with van der Waals surface area (Å²) in [7, 11) is 2.05. The average molecular weight is 288 g/mol. The zero-order valence-corrected chi connectivity index (χ0v) is 12.3. The maximum atomic E-state index is 12.9. The van der Waals surface area contributed by atoms with E-state index in [0.717, 1.165) is 31.0 Å². The van der Waals surface area contributed by atoms with E-state index in [9.17, 15) is 4.39 Å². The molecule has 1 fully saturated rings. The van der Waals surface area contributed by atoms with Gasteiger partial charge in [0.2, 0.25) is 0 Å². The van der Waals surface area contributed by atoms with E-state index in [1.807, 2.05) is 25.2 Å². The summed E-state index contributed by atoms with van der Waals surface area (Å²) in [5, 5.41) is 3.51. The molecule has 1 N–H and O–H groups in total. The van der Waals surface area contributed by atoms with Gasteiger partial charge in [-0.25, -0.2) is 4.39 Å². The molecule has 0 atom stereocenters. The Morgan fingerprint density at radius 2 is 1.95 bits per heavy atom. The zero-order valence-electron chi connectivity index (χ0n) is 12.3. The standard InChI is InChI=1S/C17H21FN2O/c1-20(11-13-2-4-15(18)5-3-13)12-17-14(8-9-21-17)10-19-16-6-7-16/h2-5,8-9,16,19H,6-7,10-12H2,1H3. The summed E-state index contributed by atoms with van der Waals surface area (Å²) >= 11 is 0. The molecule has 0 saturated heterocycles. The molecule has 4 heteroatoms. The number of benzene rings is 1. The third-order valence-electron chi connectivity index (χ3n) is 3.78. The number of hydrogen-bond donors (Lipinski definition) is 1. The molecular formula is C17H21FN2O. The molecule has 1 aromatic carbocycles. The Labute approximate surface area is 124 Å². The van der Waals surface area contributed by atoms with Crippen molar-refractivity contribution in [2.24, 2.45) is 0 Å². The number of hydrogen-bond acceptors (Lipinski definition) is 3. The van der Waals surface area contributed by atoms with E-state index < -0.39 is 0 Å². The van der Waals surface area contributed by atoms with Gasteiger partial charge in [-0.1, -0.05) is 12.1 Å². The quantitative estimate of drug-likeness (QED) is 0.847. The van der Waals surface area contributed by atoms with Crippen molar-refractivity contribution in [3.63, 3.8) is 0 Å². The van der Waals surface area contributed by atoms with Crippen molar-refractivity contribution in [3.8, 4) is 0 Å². The molecule has 1 saturated carbocycles. The van der Waals surface area contributed by atoms with Gasteiger partial charge in [-0.3, -0.25) is 4.90 Å². The van der Waals surface area contributed by atoms with Crippen LogP contribution in [-0.4, -0.2) is 18.0 Å². The lowest BCUT2D eigenvalue weighted by Crippen LogP contribution is -2.20. The molecule has 112 valence electrons. The summed E-state index contributed by atoms with van der Waals surface area (Å²) in [6.45, 7) is 2.41. The van der Waals surface area contributed by atoms with Crippen LogP contribution in [0.4, 0.5) is 4.39 Å². The summed E-state index contributed by atoms with van der Waals surface area (Å²) in [6.07, 6.45) is 4.33. The van der Waals surface area contributed by atoms with Crippen molar-refractivity contribution in [2.75, 3.05) is 7.05 Å². The number of halogens is 1. The molecule has 2 aromatic rings. The molecule has 3 nitrogen and oxygen atoms in total. The number of nitrogens with one attached hydrogen (secondary N) is 1. The van der Waals surface area contributed by atoms with Crippen molar-refractivity contribution in [2.45, 2.75) is 38.5 Å². The van der Waals surface area contributed by atoms with Crippen LogP contribution in [0.1, 0.15) is 29.7 Å². The second-order valence-corrected chi connectivity index (χ2v) is 5.82. The molecular weight excluding hydrogens is 267 g/mol. The van der Waals surface area contributed by atoms with Gasteiger partial charge in [-0.15, -0.1) is 0 Å². The van der Waals surface area contributed by atoms with E-state index in [-0.39, 0.29) is 5.82 Å². The maximum absolute atomic E-state index is 12.9. The Kier molecular flexibility index (Phi) is 4.36. The number of nitrogens with zero attached hydrogens (tertiary/aromatic N) is 1. The third kappa shape index (κ3) is 4.16. The van der Waals surface area contributed by atoms with Crippen LogP contribution < -0.4 is 5.32 Å². The summed E-state index contributed by atoms with van der Waals surface area (Å²) in [5.74, 6) is 0.814. The fourth-order valence-electron chi connectivity index (χ4n) is 2.41. The van der Waals surface area contributed by atoms with Crippen LogP contribution in [0.5, 0.6) is 0 Å². The van der Waals surface area contributed by atoms with Gasteiger partial charge < -0.3 is 9.73 Å². The highest BCUT2D eigenvalue weighted by molar-refractivity contribution is 5.18. The SMILES string of the molecule is CN(Cc1ccc(F)cc1)Cc1occc1CNC1CC1. The predicted molar refractivity (Wildman–Crippen MR) is 80.1 cm³/mol. The van der Waals surface area contributed by atoms with Gasteiger partial charge >= 0.3 is 0 Å². The number of furan rings is 1. The Morgan fingerprint density at radius 1 is 1.19 bits per heavy atom. The van der Waals surface area contributed by atoms with Crippen LogP contribution in [0.3, 0.4) is 0 Å². The average Bonchev–Trinajstić information content (AvgIpc) is 3.20. The van der Waals surface area contributed by atoms with E-state index >= 15 is 0 Å². The van der Waals surface area contributed by atoms with Crippen LogP contribution in [0.25, 0.3) is 0 Å². The first-order chi connectivity index (χ1) is 10.2. The second-order valence-electron chi connectivity index (χ2n) is 5.82. The smallest absolute Gasteiger partial charge is 0.123 e. The van der Waals surface area contributed by atoms with Gasteiger partial charge in [0.05, 0.1) is 12.8 Å². The van der Waals surface area contributed by atoms with Crippen molar-refractivity contribution >= 4 is 0 Å². The minimum absolute atomic E-state index is 0.194. The van der Waals surface area contributed by atoms with Gasteiger partial charge in [0, 0.05) is 24.7 Å². The lowest BCUT2D eigenvalue weighted by atomic mass is 10.2. The van der Waals surface area contributed by atoms with Crippen molar-refractivity contribution in [3.05, 3.63) is 59.3 Å². The normalized spacial score (nSPS) is 14.8. The molecule has 1 aromatic heterocycles. The Balaban J connectivity index is 1.55. The van der Waals surface area contributed by atoms with E-state index in [1.54, 1.807) is 6.26 Å². The summed E-state index contributed by atoms with van der Waals surface area (Å²) in [4.78, 5) is 2.17. The molecule has 21 heavy (non-hydrogen) atoms. The lowest BCUT2D eigenvalue weighted by Gasteiger charge is -2.16. The first-order valence-electron chi connectivity index (χ1n) is 7.42. The third-order valence-corrected chi connectivity index (χ3v) is 3.78. The molecule has 1 aliphatic rings. The Morgan fingerprint density at radius 3 is 2.67 bits per heavy atom. The summed E-state index contributed by atoms with van der Waals surface area (Å²) < 4.78 is 18.5. The van der Waals surface area contributed by atoms with E-state index in [0.29, 0.717) is 6.04 Å². The van der Waals surface area contributed by atoms with Gasteiger partial charge in [0.1, 0.15) is 11.6 Å². The molecule has 0 radical (unpaired) electrons. The van der Waals surface area contributed by atoms with Crippen LogP contribution in [0.15, 0.2) is 41.0 Å². The van der Waals surface area contributed by atoms with Gasteiger partial charge in [0.15, 0.2) is 0 Å². The minimum Gasteiger partial charge on any atom is -0.468 e. The highest BCUT2D eigenvalue weighted by atomic mass is 19.1. The van der Waals surface area contributed by atoms with Crippen LogP contribution in [0, 0.1) is 5.82 Å². The van der Waals surface area contributed by atoms with Crippen molar-refractivity contribution < 1.29 is 8.81 Å². The Hall–Kier alpha value is -1.65. The maximum Gasteiger partial charge on any atom is 0.123 e. The molecule has 0 spiro atoms. The fraction of sp³-hybridized carbons (Fsp3) is 0.412. The minimum atomic E-state index is -0.194. The van der Waals surface area contributed by atoms with Crippen LogP contribution in [-0.2, 0) is 19.6 Å². The fourth-order valence-corrected chi connectivity index (χ4v) is 2.41. The first kappa shape index (κ1) is 14.3. The van der Waals surface area contributed by atoms with Crippen LogP contribution >= 0.6 is 0 Å². The molecule has 0 aliphatic heterocycles. The number of rotatable bonds is 7.